The molecule has 1 amide bonds. The van der Waals surface area contributed by atoms with Gasteiger partial charge in [-0.1, -0.05) is 17.7 Å². The Balaban J connectivity index is 1.87. The number of hydrogen-bond acceptors (Lipinski definition) is 3. The first-order chi connectivity index (χ1) is 13.7. The second-order valence-electron chi connectivity index (χ2n) is 6.51. The van der Waals surface area contributed by atoms with Crippen molar-refractivity contribution in [3.05, 3.63) is 88.2 Å². The van der Waals surface area contributed by atoms with Crippen LogP contribution in [0.4, 0.5) is 15.8 Å². The van der Waals surface area contributed by atoms with Crippen LogP contribution in [0.3, 0.4) is 0 Å². The van der Waals surface area contributed by atoms with Gasteiger partial charge >= 0.3 is 0 Å². The number of halogens is 2. The van der Waals surface area contributed by atoms with E-state index in [1.165, 1.54) is 30.3 Å². The number of carbonyl (C=O) groups excluding carboxylic acids is 1. The summed E-state index contributed by atoms with van der Waals surface area (Å²) in [4.78, 5) is 12.5. The van der Waals surface area contributed by atoms with Crippen LogP contribution in [0.15, 0.2) is 65.6 Å². The van der Waals surface area contributed by atoms with E-state index in [0.717, 1.165) is 23.3 Å². The summed E-state index contributed by atoms with van der Waals surface area (Å²) in [6.07, 6.45) is 0. The molecule has 0 fully saturated rings. The van der Waals surface area contributed by atoms with Crippen LogP contribution in [0, 0.1) is 19.7 Å². The minimum Gasteiger partial charge on any atom is -0.322 e. The molecule has 0 unspecified atom stereocenters. The lowest BCUT2D eigenvalue weighted by molar-refractivity contribution is 0.102. The maximum absolute atomic E-state index is 13.0. The summed E-state index contributed by atoms with van der Waals surface area (Å²) in [7, 11) is -4.00. The van der Waals surface area contributed by atoms with Gasteiger partial charge in [-0.2, -0.15) is 0 Å². The Labute approximate surface area is 173 Å². The molecular weight excluding hydrogens is 415 g/mol. The lowest BCUT2D eigenvalue weighted by Gasteiger charge is -2.12. The molecule has 3 aromatic rings. The van der Waals surface area contributed by atoms with E-state index in [9.17, 15) is 17.6 Å². The van der Waals surface area contributed by atoms with Gasteiger partial charge in [0.05, 0.1) is 15.5 Å². The number of aryl methyl sites for hydroxylation is 2. The molecule has 0 saturated carbocycles. The molecule has 0 aliphatic carbocycles. The van der Waals surface area contributed by atoms with Crippen molar-refractivity contribution in [3.8, 4) is 0 Å². The van der Waals surface area contributed by atoms with Crippen molar-refractivity contribution >= 4 is 38.9 Å². The van der Waals surface area contributed by atoms with Crippen molar-refractivity contribution in [3.63, 3.8) is 0 Å². The van der Waals surface area contributed by atoms with Crippen molar-refractivity contribution in [1.82, 2.24) is 0 Å². The Morgan fingerprint density at radius 2 is 1.55 bits per heavy atom. The first-order valence-electron chi connectivity index (χ1n) is 8.62. The van der Waals surface area contributed by atoms with E-state index in [-0.39, 0.29) is 21.2 Å². The average molecular weight is 433 g/mol. The van der Waals surface area contributed by atoms with E-state index >= 15 is 0 Å². The summed E-state index contributed by atoms with van der Waals surface area (Å²) in [5, 5.41) is 2.84. The molecule has 5 nitrogen and oxygen atoms in total. The molecule has 0 bridgehead atoms. The summed E-state index contributed by atoms with van der Waals surface area (Å²) < 4.78 is 40.6. The van der Waals surface area contributed by atoms with E-state index < -0.39 is 21.7 Å². The number of nitrogens with one attached hydrogen (secondary N) is 2. The van der Waals surface area contributed by atoms with Crippen LogP contribution in [0.25, 0.3) is 0 Å². The summed E-state index contributed by atoms with van der Waals surface area (Å²) in [6.45, 7) is 3.88. The van der Waals surface area contributed by atoms with E-state index in [2.05, 4.69) is 10.0 Å². The molecular formula is C21H18ClFN2O3S. The van der Waals surface area contributed by atoms with Crippen molar-refractivity contribution in [2.45, 2.75) is 18.7 Å². The lowest BCUT2D eigenvalue weighted by atomic mass is 10.1. The molecule has 0 aromatic heterocycles. The SMILES string of the molecule is Cc1ccc(NC(=O)c2cc(S(=O)(=O)Nc3ccc(F)cc3)ccc2Cl)cc1C. The maximum atomic E-state index is 13.0. The van der Waals surface area contributed by atoms with Gasteiger partial charge in [-0.3, -0.25) is 9.52 Å². The summed E-state index contributed by atoms with van der Waals surface area (Å²) in [6, 6.07) is 14.2. The maximum Gasteiger partial charge on any atom is 0.261 e. The fourth-order valence-corrected chi connectivity index (χ4v) is 3.88. The topological polar surface area (TPSA) is 75.3 Å². The molecule has 0 heterocycles. The molecule has 8 heteroatoms. The Bertz CT molecular complexity index is 1180. The zero-order chi connectivity index (χ0) is 21.2. The van der Waals surface area contributed by atoms with Crippen LogP contribution in [0.1, 0.15) is 21.5 Å². The number of carbonyl (C=O) groups is 1. The van der Waals surface area contributed by atoms with E-state index in [0.29, 0.717) is 5.69 Å². The van der Waals surface area contributed by atoms with Crippen LogP contribution in [-0.4, -0.2) is 14.3 Å². The van der Waals surface area contributed by atoms with Crippen LogP contribution < -0.4 is 10.0 Å². The fourth-order valence-electron chi connectivity index (χ4n) is 2.60. The van der Waals surface area contributed by atoms with Gasteiger partial charge in [-0.25, -0.2) is 12.8 Å². The van der Waals surface area contributed by atoms with Crippen LogP contribution >= 0.6 is 11.6 Å². The van der Waals surface area contributed by atoms with Crippen LogP contribution in [-0.2, 0) is 10.0 Å². The van der Waals surface area contributed by atoms with Crippen molar-refractivity contribution in [2.24, 2.45) is 0 Å². The zero-order valence-electron chi connectivity index (χ0n) is 15.7. The number of amides is 1. The van der Waals surface area contributed by atoms with Crippen LogP contribution in [0.5, 0.6) is 0 Å². The monoisotopic (exact) mass is 432 g/mol. The van der Waals surface area contributed by atoms with Gasteiger partial charge in [0.1, 0.15) is 5.82 Å². The third kappa shape index (κ3) is 4.93. The van der Waals surface area contributed by atoms with Crippen LogP contribution in [0.2, 0.25) is 5.02 Å². The number of sulfonamides is 1. The van der Waals surface area contributed by atoms with Gasteiger partial charge in [-0.05, 0) is 79.6 Å². The molecule has 0 atom stereocenters. The Morgan fingerprint density at radius 1 is 0.897 bits per heavy atom. The van der Waals surface area contributed by atoms with Gasteiger partial charge in [-0.15, -0.1) is 0 Å². The molecule has 2 N–H and O–H groups in total. The quantitative estimate of drug-likeness (QED) is 0.585. The third-order valence-electron chi connectivity index (χ3n) is 4.35. The Hall–Kier alpha value is -2.90. The predicted octanol–water partition coefficient (Wildman–Crippen LogP) is 5.15. The molecule has 0 spiro atoms. The highest BCUT2D eigenvalue weighted by atomic mass is 35.5. The third-order valence-corrected chi connectivity index (χ3v) is 6.06. The van der Waals surface area contributed by atoms with E-state index in [1.54, 1.807) is 6.07 Å². The smallest absolute Gasteiger partial charge is 0.261 e. The lowest BCUT2D eigenvalue weighted by Crippen LogP contribution is -2.16. The van der Waals surface area contributed by atoms with Gasteiger partial charge < -0.3 is 5.32 Å². The molecule has 0 radical (unpaired) electrons. The first-order valence-corrected chi connectivity index (χ1v) is 10.5. The summed E-state index contributed by atoms with van der Waals surface area (Å²) in [5.41, 5.74) is 2.89. The number of hydrogen-bond donors (Lipinski definition) is 2. The highest BCUT2D eigenvalue weighted by Gasteiger charge is 2.19. The number of benzene rings is 3. The Morgan fingerprint density at radius 3 is 2.21 bits per heavy atom. The van der Waals surface area contributed by atoms with E-state index in [4.69, 9.17) is 11.6 Å². The van der Waals surface area contributed by atoms with Gasteiger partial charge in [0.25, 0.3) is 15.9 Å². The largest absolute Gasteiger partial charge is 0.322 e. The molecule has 0 aliphatic heterocycles. The number of anilines is 2. The summed E-state index contributed by atoms with van der Waals surface area (Å²) in [5.74, 6) is -1.01. The summed E-state index contributed by atoms with van der Waals surface area (Å²) >= 11 is 6.12. The second kappa shape index (κ2) is 8.23. The molecule has 150 valence electrons. The van der Waals surface area contributed by atoms with E-state index in [1.807, 2.05) is 26.0 Å². The molecule has 3 aromatic carbocycles. The Kier molecular flexibility index (Phi) is 5.91. The van der Waals surface area contributed by atoms with Crippen molar-refractivity contribution in [2.75, 3.05) is 10.0 Å². The van der Waals surface area contributed by atoms with Gasteiger partial charge in [0, 0.05) is 11.4 Å². The highest BCUT2D eigenvalue weighted by Crippen LogP contribution is 2.24. The average Bonchev–Trinajstić information content (AvgIpc) is 2.66. The van der Waals surface area contributed by atoms with Gasteiger partial charge in [0.2, 0.25) is 0 Å². The van der Waals surface area contributed by atoms with Crippen molar-refractivity contribution < 1.29 is 17.6 Å². The molecule has 3 rings (SSSR count). The zero-order valence-corrected chi connectivity index (χ0v) is 17.2. The standard InChI is InChI=1S/C21H18ClFN2O3S/c1-13-3-6-17(11-14(13)2)24-21(26)19-12-18(9-10-20(19)22)29(27,28)25-16-7-4-15(23)5-8-16/h3-12,25H,1-2H3,(H,24,26). The minimum atomic E-state index is -4.00. The van der Waals surface area contributed by atoms with Gasteiger partial charge in [0.15, 0.2) is 0 Å². The predicted molar refractivity (Wildman–Crippen MR) is 113 cm³/mol. The molecule has 0 aliphatic rings. The minimum absolute atomic E-state index is 0.0203. The highest BCUT2D eigenvalue weighted by molar-refractivity contribution is 7.92. The molecule has 29 heavy (non-hydrogen) atoms. The second-order valence-corrected chi connectivity index (χ2v) is 8.60. The number of rotatable bonds is 5. The fraction of sp³-hybridized carbons (Fsp3) is 0.0952. The molecule has 0 saturated heterocycles. The first kappa shape index (κ1) is 20.8. The normalized spacial score (nSPS) is 11.2. The van der Waals surface area contributed by atoms with Crippen molar-refractivity contribution in [1.29, 1.82) is 0 Å².